The highest BCUT2D eigenvalue weighted by Crippen LogP contribution is 2.31. The first-order valence-corrected chi connectivity index (χ1v) is 9.99. The maximum Gasteiger partial charge on any atom is 0.276 e. The molecule has 0 spiro atoms. The Morgan fingerprint density at radius 1 is 1.27 bits per heavy atom. The number of rotatable bonds is 4. The first kappa shape index (κ1) is 17.1. The molecule has 0 atom stereocenters. The zero-order valence-electron chi connectivity index (χ0n) is 14.6. The number of nitrogens with zero attached hydrogens (tertiary/aromatic N) is 3. The van der Waals surface area contributed by atoms with Gasteiger partial charge in [-0.15, -0.1) is 0 Å². The van der Waals surface area contributed by atoms with Crippen LogP contribution in [-0.4, -0.2) is 33.2 Å². The lowest BCUT2D eigenvalue weighted by atomic mass is 10.0. The van der Waals surface area contributed by atoms with Crippen molar-refractivity contribution in [2.45, 2.75) is 45.1 Å². The van der Waals surface area contributed by atoms with Crippen LogP contribution in [0.3, 0.4) is 0 Å². The van der Waals surface area contributed by atoms with E-state index in [0.29, 0.717) is 29.7 Å². The van der Waals surface area contributed by atoms with E-state index in [0.717, 1.165) is 23.5 Å². The fourth-order valence-electron chi connectivity index (χ4n) is 3.71. The van der Waals surface area contributed by atoms with Crippen molar-refractivity contribution in [2.75, 3.05) is 11.9 Å². The summed E-state index contributed by atoms with van der Waals surface area (Å²) in [7, 11) is 0. The van der Waals surface area contributed by atoms with Crippen molar-refractivity contribution in [1.29, 1.82) is 0 Å². The maximum absolute atomic E-state index is 12.6. The van der Waals surface area contributed by atoms with Gasteiger partial charge in [0, 0.05) is 30.5 Å². The summed E-state index contributed by atoms with van der Waals surface area (Å²) in [5, 5.41) is 3.40. The van der Waals surface area contributed by atoms with Gasteiger partial charge in [-0.1, -0.05) is 30.2 Å². The van der Waals surface area contributed by atoms with Crippen LogP contribution < -0.4 is 5.32 Å². The predicted molar refractivity (Wildman–Crippen MR) is 100 cm³/mol. The van der Waals surface area contributed by atoms with Gasteiger partial charge in [0.15, 0.2) is 5.13 Å². The summed E-state index contributed by atoms with van der Waals surface area (Å²) in [4.78, 5) is 36.4. The molecule has 3 heterocycles. The molecule has 6 nitrogen and oxygen atoms in total. The smallest absolute Gasteiger partial charge is 0.276 e. The summed E-state index contributed by atoms with van der Waals surface area (Å²) in [5.41, 5.74) is 1.37. The third-order valence-electron chi connectivity index (χ3n) is 5.14. The van der Waals surface area contributed by atoms with E-state index in [4.69, 9.17) is 0 Å². The number of thiazole rings is 1. The zero-order valence-corrected chi connectivity index (χ0v) is 15.4. The molecule has 0 radical (unpaired) electrons. The lowest BCUT2D eigenvalue weighted by Crippen LogP contribution is -2.36. The molecule has 0 aromatic carbocycles. The minimum atomic E-state index is -0.258. The van der Waals surface area contributed by atoms with Crippen molar-refractivity contribution in [3.8, 4) is 0 Å². The fourth-order valence-corrected chi connectivity index (χ4v) is 4.73. The van der Waals surface area contributed by atoms with Crippen LogP contribution in [0.5, 0.6) is 0 Å². The van der Waals surface area contributed by atoms with Crippen molar-refractivity contribution in [3.63, 3.8) is 0 Å². The van der Waals surface area contributed by atoms with Crippen LogP contribution in [0.2, 0.25) is 0 Å². The van der Waals surface area contributed by atoms with Gasteiger partial charge in [0.1, 0.15) is 5.69 Å². The molecule has 1 fully saturated rings. The highest BCUT2D eigenvalue weighted by Gasteiger charge is 2.27. The summed E-state index contributed by atoms with van der Waals surface area (Å²) in [5.74, 6) is 0.569. The monoisotopic (exact) mass is 370 g/mol. The summed E-state index contributed by atoms with van der Waals surface area (Å²) in [6.07, 6.45) is 7.92. The number of anilines is 1. The van der Waals surface area contributed by atoms with E-state index in [9.17, 15) is 9.59 Å². The van der Waals surface area contributed by atoms with E-state index in [-0.39, 0.29) is 11.8 Å². The minimum Gasteiger partial charge on any atom is -0.337 e. The number of aromatic nitrogens is 2. The van der Waals surface area contributed by atoms with Crippen molar-refractivity contribution in [2.24, 2.45) is 5.92 Å². The quantitative estimate of drug-likeness (QED) is 0.896. The minimum absolute atomic E-state index is 0.258. The Balaban J connectivity index is 1.39. The third kappa shape index (κ3) is 3.77. The first-order valence-electron chi connectivity index (χ1n) is 9.18. The summed E-state index contributed by atoms with van der Waals surface area (Å²) in [6.45, 7) is 1.33. The van der Waals surface area contributed by atoms with Crippen LogP contribution >= 0.6 is 11.3 Å². The Kier molecular flexibility index (Phi) is 4.97. The standard InChI is InChI=1S/C19H22N4O2S/c24-17(11-13-5-1-2-6-13)23-10-8-14-16(12-23)26-19(21-14)22-18(25)15-7-3-4-9-20-15/h3-4,7,9,13H,1-2,5-6,8,10-12H2,(H,21,22,25). The van der Waals surface area contributed by atoms with Gasteiger partial charge < -0.3 is 4.90 Å². The van der Waals surface area contributed by atoms with Crippen molar-refractivity contribution in [3.05, 3.63) is 40.7 Å². The van der Waals surface area contributed by atoms with Crippen molar-refractivity contribution in [1.82, 2.24) is 14.9 Å². The second-order valence-corrected chi connectivity index (χ2v) is 8.06. The zero-order chi connectivity index (χ0) is 17.9. The average Bonchev–Trinajstić information content (AvgIpc) is 3.30. The second kappa shape index (κ2) is 7.53. The van der Waals surface area contributed by atoms with Crippen molar-refractivity contribution < 1.29 is 9.59 Å². The van der Waals surface area contributed by atoms with Gasteiger partial charge in [0.2, 0.25) is 5.91 Å². The topological polar surface area (TPSA) is 75.2 Å². The highest BCUT2D eigenvalue weighted by atomic mass is 32.1. The Hall–Kier alpha value is -2.28. The Morgan fingerprint density at radius 2 is 2.12 bits per heavy atom. The number of fused-ring (bicyclic) bond motifs is 1. The average molecular weight is 370 g/mol. The van der Waals surface area contributed by atoms with Crippen molar-refractivity contribution >= 4 is 28.3 Å². The Morgan fingerprint density at radius 3 is 2.88 bits per heavy atom. The highest BCUT2D eigenvalue weighted by molar-refractivity contribution is 7.15. The van der Waals surface area contributed by atoms with Crippen LogP contribution in [0.15, 0.2) is 24.4 Å². The Labute approximate surface area is 156 Å². The Bertz CT molecular complexity index is 799. The number of hydrogen-bond donors (Lipinski definition) is 1. The fraction of sp³-hybridized carbons (Fsp3) is 0.474. The maximum atomic E-state index is 12.6. The van der Waals surface area contributed by atoms with Gasteiger partial charge in [0.25, 0.3) is 5.91 Å². The van der Waals surface area contributed by atoms with E-state index in [2.05, 4.69) is 15.3 Å². The molecule has 1 aliphatic carbocycles. The number of hydrogen-bond acceptors (Lipinski definition) is 5. The molecular weight excluding hydrogens is 348 g/mol. The van der Waals surface area contributed by atoms with Gasteiger partial charge >= 0.3 is 0 Å². The van der Waals surface area contributed by atoms with E-state index in [1.165, 1.54) is 37.0 Å². The van der Waals surface area contributed by atoms with Gasteiger partial charge in [0.05, 0.1) is 12.2 Å². The number of pyridine rings is 1. The lowest BCUT2D eigenvalue weighted by molar-refractivity contribution is -0.133. The van der Waals surface area contributed by atoms with E-state index in [1.54, 1.807) is 24.4 Å². The van der Waals surface area contributed by atoms with Crippen LogP contribution in [0, 0.1) is 5.92 Å². The summed E-state index contributed by atoms with van der Waals surface area (Å²) in [6, 6.07) is 5.23. The van der Waals surface area contributed by atoms with E-state index < -0.39 is 0 Å². The van der Waals surface area contributed by atoms with Crippen LogP contribution in [0.1, 0.15) is 53.2 Å². The SMILES string of the molecule is O=C(Nc1nc2c(s1)CN(C(=O)CC1CCCC1)CC2)c1ccccn1. The lowest BCUT2D eigenvalue weighted by Gasteiger charge is -2.27. The number of amides is 2. The molecule has 2 aliphatic rings. The summed E-state index contributed by atoms with van der Waals surface area (Å²) >= 11 is 1.46. The molecule has 136 valence electrons. The van der Waals surface area contributed by atoms with Gasteiger partial charge in [-0.2, -0.15) is 0 Å². The molecule has 2 aromatic heterocycles. The van der Waals surface area contributed by atoms with Crippen LogP contribution in [-0.2, 0) is 17.8 Å². The van der Waals surface area contributed by atoms with Gasteiger partial charge in [-0.05, 0) is 30.9 Å². The molecule has 2 amide bonds. The molecule has 26 heavy (non-hydrogen) atoms. The molecular formula is C19H22N4O2S. The van der Waals surface area contributed by atoms with Crippen LogP contribution in [0.25, 0.3) is 0 Å². The second-order valence-electron chi connectivity index (χ2n) is 6.98. The molecule has 0 saturated heterocycles. The van der Waals surface area contributed by atoms with Crippen LogP contribution in [0.4, 0.5) is 5.13 Å². The molecule has 2 aromatic rings. The molecule has 0 bridgehead atoms. The van der Waals surface area contributed by atoms with E-state index >= 15 is 0 Å². The molecule has 1 saturated carbocycles. The van der Waals surface area contributed by atoms with Gasteiger partial charge in [-0.3, -0.25) is 19.9 Å². The molecule has 1 N–H and O–H groups in total. The molecule has 4 rings (SSSR count). The predicted octanol–water partition coefficient (Wildman–Crippen LogP) is 3.26. The molecule has 0 unspecified atom stereocenters. The first-order chi connectivity index (χ1) is 12.7. The molecule has 1 aliphatic heterocycles. The number of carbonyl (C=O) groups is 2. The van der Waals surface area contributed by atoms with E-state index in [1.807, 2.05) is 4.90 Å². The molecule has 7 heteroatoms. The summed E-state index contributed by atoms with van der Waals surface area (Å²) < 4.78 is 0. The largest absolute Gasteiger partial charge is 0.337 e. The number of nitrogens with one attached hydrogen (secondary N) is 1. The third-order valence-corrected chi connectivity index (χ3v) is 6.14. The number of carbonyl (C=O) groups excluding carboxylic acids is 2. The normalized spacial score (nSPS) is 17.2. The van der Waals surface area contributed by atoms with Gasteiger partial charge in [-0.25, -0.2) is 4.98 Å².